The molecule has 6 heteroatoms. The summed E-state index contributed by atoms with van der Waals surface area (Å²) in [6.45, 7) is 5.77. The van der Waals surface area contributed by atoms with Crippen molar-refractivity contribution < 1.29 is 9.32 Å². The zero-order chi connectivity index (χ0) is 13.1. The molecule has 1 aromatic rings. The molecule has 1 amide bonds. The van der Waals surface area contributed by atoms with Crippen molar-refractivity contribution in [1.82, 2.24) is 15.0 Å². The largest absolute Gasteiger partial charge is 0.340 e. The van der Waals surface area contributed by atoms with E-state index in [-0.39, 0.29) is 5.91 Å². The Labute approximate surface area is 101 Å². The maximum absolute atomic E-state index is 12.1. The summed E-state index contributed by atoms with van der Waals surface area (Å²) >= 11 is 0. The molecule has 0 fully saturated rings. The van der Waals surface area contributed by atoms with Crippen LogP contribution in [0.25, 0.3) is 0 Å². The highest BCUT2D eigenvalue weighted by molar-refractivity contribution is 5.85. The Morgan fingerprint density at radius 2 is 2.24 bits per heavy atom. The van der Waals surface area contributed by atoms with Crippen LogP contribution in [0.4, 0.5) is 0 Å². The molecule has 0 radical (unpaired) electrons. The quantitative estimate of drug-likeness (QED) is 0.824. The Bertz CT molecular complexity index is 387. The molecule has 1 rings (SSSR count). The first-order valence-electron chi connectivity index (χ1n) is 5.70. The van der Waals surface area contributed by atoms with Gasteiger partial charge in [-0.3, -0.25) is 4.79 Å². The number of nitrogens with zero attached hydrogens (tertiary/aromatic N) is 3. The highest BCUT2D eigenvalue weighted by atomic mass is 16.5. The van der Waals surface area contributed by atoms with Gasteiger partial charge in [-0.15, -0.1) is 0 Å². The number of hydrogen-bond acceptors (Lipinski definition) is 5. The van der Waals surface area contributed by atoms with E-state index in [0.717, 1.165) is 6.42 Å². The second kappa shape index (κ2) is 5.27. The summed E-state index contributed by atoms with van der Waals surface area (Å²) in [5.74, 6) is 0.873. The number of aryl methyl sites for hydroxylation is 1. The van der Waals surface area contributed by atoms with E-state index < -0.39 is 5.54 Å². The first-order valence-corrected chi connectivity index (χ1v) is 5.70. The lowest BCUT2D eigenvalue weighted by atomic mass is 9.96. The fraction of sp³-hybridized carbons (Fsp3) is 0.727. The molecule has 2 N–H and O–H groups in total. The predicted octanol–water partition coefficient (Wildman–Crippen LogP) is 0.854. The maximum Gasteiger partial charge on any atom is 0.242 e. The van der Waals surface area contributed by atoms with Crippen LogP contribution in [0, 0.1) is 6.92 Å². The molecule has 96 valence electrons. The van der Waals surface area contributed by atoms with Gasteiger partial charge in [0.25, 0.3) is 0 Å². The van der Waals surface area contributed by atoms with Crippen LogP contribution in [0.15, 0.2) is 4.52 Å². The number of carbonyl (C=O) groups is 1. The van der Waals surface area contributed by atoms with Gasteiger partial charge in [0.05, 0.1) is 12.1 Å². The first-order chi connectivity index (χ1) is 7.86. The fourth-order valence-corrected chi connectivity index (χ4v) is 1.75. The summed E-state index contributed by atoms with van der Waals surface area (Å²) in [4.78, 5) is 17.7. The van der Waals surface area contributed by atoms with Crippen molar-refractivity contribution in [2.75, 3.05) is 7.05 Å². The standard InChI is InChI=1S/C11H20N4O2/c1-5-6-11(3,12)10(16)15(4)7-9-13-8(2)17-14-9/h5-7,12H2,1-4H3. The number of aromatic nitrogens is 2. The second-order valence-electron chi connectivity index (χ2n) is 4.56. The van der Waals surface area contributed by atoms with Gasteiger partial charge < -0.3 is 15.2 Å². The molecule has 6 nitrogen and oxygen atoms in total. The third-order valence-electron chi connectivity index (χ3n) is 2.55. The van der Waals surface area contributed by atoms with Crippen LogP contribution in [-0.4, -0.2) is 33.5 Å². The van der Waals surface area contributed by atoms with Gasteiger partial charge in [0.15, 0.2) is 5.82 Å². The van der Waals surface area contributed by atoms with Gasteiger partial charge in [0.1, 0.15) is 0 Å². The Morgan fingerprint density at radius 1 is 1.59 bits per heavy atom. The molecule has 1 unspecified atom stereocenters. The molecule has 0 aliphatic carbocycles. The average Bonchev–Trinajstić information content (AvgIpc) is 2.62. The summed E-state index contributed by atoms with van der Waals surface area (Å²) in [6, 6.07) is 0. The van der Waals surface area contributed by atoms with E-state index in [4.69, 9.17) is 10.3 Å². The highest BCUT2D eigenvalue weighted by Crippen LogP contribution is 2.13. The van der Waals surface area contributed by atoms with Crippen LogP contribution in [0.1, 0.15) is 38.4 Å². The zero-order valence-electron chi connectivity index (χ0n) is 10.9. The van der Waals surface area contributed by atoms with Crippen LogP contribution < -0.4 is 5.73 Å². The summed E-state index contributed by atoms with van der Waals surface area (Å²) < 4.78 is 4.85. The molecule has 0 bridgehead atoms. The average molecular weight is 240 g/mol. The highest BCUT2D eigenvalue weighted by Gasteiger charge is 2.30. The van der Waals surface area contributed by atoms with Crippen molar-refractivity contribution in [3.63, 3.8) is 0 Å². The van der Waals surface area contributed by atoms with Crippen LogP contribution in [0.2, 0.25) is 0 Å². The maximum atomic E-state index is 12.1. The van der Waals surface area contributed by atoms with E-state index in [0.29, 0.717) is 24.7 Å². The Hall–Kier alpha value is -1.43. The molecule has 1 heterocycles. The number of hydrogen-bond donors (Lipinski definition) is 1. The number of carbonyl (C=O) groups excluding carboxylic acids is 1. The molecular weight excluding hydrogens is 220 g/mol. The first kappa shape index (κ1) is 13.6. The molecular formula is C11H20N4O2. The molecule has 0 saturated carbocycles. The molecule has 1 atom stereocenters. The minimum atomic E-state index is -0.831. The van der Waals surface area contributed by atoms with E-state index >= 15 is 0 Å². The van der Waals surface area contributed by atoms with Gasteiger partial charge in [0, 0.05) is 14.0 Å². The molecule has 17 heavy (non-hydrogen) atoms. The predicted molar refractivity (Wildman–Crippen MR) is 63.0 cm³/mol. The Kier molecular flexibility index (Phi) is 4.22. The third kappa shape index (κ3) is 3.52. The topological polar surface area (TPSA) is 85.3 Å². The van der Waals surface area contributed by atoms with Crippen LogP contribution in [-0.2, 0) is 11.3 Å². The minimum absolute atomic E-state index is 0.109. The van der Waals surface area contributed by atoms with Gasteiger partial charge >= 0.3 is 0 Å². The van der Waals surface area contributed by atoms with Crippen molar-refractivity contribution in [1.29, 1.82) is 0 Å². The summed E-state index contributed by atoms with van der Waals surface area (Å²) in [5.41, 5.74) is 5.14. The van der Waals surface area contributed by atoms with E-state index in [1.54, 1.807) is 20.9 Å². The van der Waals surface area contributed by atoms with E-state index in [9.17, 15) is 4.79 Å². The lowest BCUT2D eigenvalue weighted by molar-refractivity contribution is -0.136. The van der Waals surface area contributed by atoms with Gasteiger partial charge in [-0.1, -0.05) is 18.5 Å². The normalized spacial score (nSPS) is 14.4. The Morgan fingerprint density at radius 3 is 2.71 bits per heavy atom. The van der Waals surface area contributed by atoms with Crippen LogP contribution >= 0.6 is 0 Å². The zero-order valence-corrected chi connectivity index (χ0v) is 10.9. The van der Waals surface area contributed by atoms with Gasteiger partial charge in [-0.25, -0.2) is 0 Å². The molecule has 0 aromatic carbocycles. The molecule has 0 aliphatic heterocycles. The van der Waals surface area contributed by atoms with Gasteiger partial charge in [0.2, 0.25) is 11.8 Å². The lowest BCUT2D eigenvalue weighted by Gasteiger charge is -2.28. The monoisotopic (exact) mass is 240 g/mol. The molecule has 1 aromatic heterocycles. The van der Waals surface area contributed by atoms with Crippen molar-refractivity contribution in [3.8, 4) is 0 Å². The summed E-state index contributed by atoms with van der Waals surface area (Å²) in [5, 5.41) is 3.75. The molecule has 0 aliphatic rings. The van der Waals surface area contributed by atoms with E-state index in [2.05, 4.69) is 10.1 Å². The van der Waals surface area contributed by atoms with E-state index in [1.165, 1.54) is 4.90 Å². The second-order valence-corrected chi connectivity index (χ2v) is 4.56. The van der Waals surface area contributed by atoms with Crippen molar-refractivity contribution in [2.45, 2.75) is 45.7 Å². The third-order valence-corrected chi connectivity index (χ3v) is 2.55. The Balaban J connectivity index is 2.64. The van der Waals surface area contributed by atoms with Crippen molar-refractivity contribution in [2.24, 2.45) is 5.73 Å². The van der Waals surface area contributed by atoms with Crippen LogP contribution in [0.3, 0.4) is 0 Å². The van der Waals surface area contributed by atoms with Crippen molar-refractivity contribution in [3.05, 3.63) is 11.7 Å². The van der Waals surface area contributed by atoms with Gasteiger partial charge in [-0.2, -0.15) is 4.98 Å². The number of amides is 1. The number of nitrogens with two attached hydrogens (primary N) is 1. The summed E-state index contributed by atoms with van der Waals surface area (Å²) in [7, 11) is 1.69. The number of rotatable bonds is 5. The smallest absolute Gasteiger partial charge is 0.242 e. The number of likely N-dealkylation sites (N-methyl/N-ethyl adjacent to an activating group) is 1. The van der Waals surface area contributed by atoms with Gasteiger partial charge in [-0.05, 0) is 13.3 Å². The SMILES string of the molecule is CCCC(C)(N)C(=O)N(C)Cc1noc(C)n1. The van der Waals surface area contributed by atoms with Crippen molar-refractivity contribution >= 4 is 5.91 Å². The molecule has 0 spiro atoms. The minimum Gasteiger partial charge on any atom is -0.340 e. The molecule has 0 saturated heterocycles. The van der Waals surface area contributed by atoms with E-state index in [1.807, 2.05) is 6.92 Å². The lowest BCUT2D eigenvalue weighted by Crippen LogP contribution is -2.51. The fourth-order valence-electron chi connectivity index (χ4n) is 1.75. The van der Waals surface area contributed by atoms with Crippen LogP contribution in [0.5, 0.6) is 0 Å². The summed E-state index contributed by atoms with van der Waals surface area (Å²) in [6.07, 6.45) is 1.52.